The molecule has 0 bridgehead atoms. The van der Waals surface area contributed by atoms with Crippen LogP contribution in [0.1, 0.15) is 12.0 Å². The number of aliphatic carboxylic acids is 1. The Bertz CT molecular complexity index is 407. The minimum atomic E-state index is -1.05. The van der Waals surface area contributed by atoms with Gasteiger partial charge < -0.3 is 25.4 Å². The quantitative estimate of drug-likeness (QED) is 0.650. The Morgan fingerprint density at radius 1 is 1.44 bits per heavy atom. The Morgan fingerprint density at radius 2 is 2.17 bits per heavy atom. The summed E-state index contributed by atoms with van der Waals surface area (Å²) in [6.45, 7) is 0.100. The SMILES string of the molecule is COc1cc(CO)ccc1OCCC(N)C(=O)O. The van der Waals surface area contributed by atoms with Crippen LogP contribution < -0.4 is 15.2 Å². The van der Waals surface area contributed by atoms with Crippen LogP contribution in [0.5, 0.6) is 11.5 Å². The van der Waals surface area contributed by atoms with Crippen LogP contribution in [0.2, 0.25) is 0 Å². The number of carboxylic acids is 1. The molecule has 1 atom stereocenters. The van der Waals surface area contributed by atoms with Crippen LogP contribution in [0, 0.1) is 0 Å². The molecule has 1 aromatic rings. The molecular formula is C12H17NO5. The molecule has 0 spiro atoms. The van der Waals surface area contributed by atoms with Crippen LogP contribution in [0.15, 0.2) is 18.2 Å². The summed E-state index contributed by atoms with van der Waals surface area (Å²) < 4.78 is 10.5. The van der Waals surface area contributed by atoms with E-state index in [0.717, 1.165) is 0 Å². The van der Waals surface area contributed by atoms with E-state index < -0.39 is 12.0 Å². The minimum absolute atomic E-state index is 0.0828. The van der Waals surface area contributed by atoms with Gasteiger partial charge in [-0.25, -0.2) is 0 Å². The molecule has 6 nitrogen and oxygen atoms in total. The van der Waals surface area contributed by atoms with Gasteiger partial charge in [-0.05, 0) is 17.7 Å². The van der Waals surface area contributed by atoms with Crippen LogP contribution >= 0.6 is 0 Å². The van der Waals surface area contributed by atoms with Crippen molar-refractivity contribution in [2.75, 3.05) is 13.7 Å². The van der Waals surface area contributed by atoms with Crippen LogP contribution in [-0.2, 0) is 11.4 Å². The van der Waals surface area contributed by atoms with Crippen molar-refractivity contribution in [2.45, 2.75) is 19.1 Å². The third kappa shape index (κ3) is 3.90. The molecule has 100 valence electrons. The van der Waals surface area contributed by atoms with Crippen molar-refractivity contribution in [3.63, 3.8) is 0 Å². The summed E-state index contributed by atoms with van der Waals surface area (Å²) in [7, 11) is 1.49. The smallest absolute Gasteiger partial charge is 0.320 e. The lowest BCUT2D eigenvalue weighted by atomic mass is 10.2. The second-order valence-corrected chi connectivity index (χ2v) is 3.73. The Balaban J connectivity index is 2.59. The van der Waals surface area contributed by atoms with E-state index in [1.807, 2.05) is 0 Å². The van der Waals surface area contributed by atoms with Crippen molar-refractivity contribution < 1.29 is 24.5 Å². The van der Waals surface area contributed by atoms with E-state index >= 15 is 0 Å². The standard InChI is InChI=1S/C12H17NO5/c1-17-11-6-8(7-14)2-3-10(11)18-5-4-9(13)12(15)16/h2-3,6,9,14H,4-5,7,13H2,1H3,(H,15,16). The Hall–Kier alpha value is -1.79. The first-order chi connectivity index (χ1) is 8.58. The molecule has 18 heavy (non-hydrogen) atoms. The van der Waals surface area contributed by atoms with Crippen molar-refractivity contribution in [3.05, 3.63) is 23.8 Å². The van der Waals surface area contributed by atoms with E-state index in [0.29, 0.717) is 17.1 Å². The van der Waals surface area contributed by atoms with Gasteiger partial charge in [-0.3, -0.25) is 4.79 Å². The van der Waals surface area contributed by atoms with Gasteiger partial charge in [0, 0.05) is 6.42 Å². The third-order valence-electron chi connectivity index (χ3n) is 2.41. The lowest BCUT2D eigenvalue weighted by Crippen LogP contribution is -2.31. The fourth-order valence-electron chi connectivity index (χ4n) is 1.35. The lowest BCUT2D eigenvalue weighted by molar-refractivity contribution is -0.138. The van der Waals surface area contributed by atoms with Gasteiger partial charge in [0.1, 0.15) is 6.04 Å². The molecular weight excluding hydrogens is 238 g/mol. The first kappa shape index (κ1) is 14.3. The maximum absolute atomic E-state index is 10.5. The van der Waals surface area contributed by atoms with Gasteiger partial charge >= 0.3 is 5.97 Å². The van der Waals surface area contributed by atoms with Crippen molar-refractivity contribution in [2.24, 2.45) is 5.73 Å². The Labute approximate surface area is 105 Å². The van der Waals surface area contributed by atoms with E-state index in [1.54, 1.807) is 18.2 Å². The molecule has 6 heteroatoms. The second kappa shape index (κ2) is 6.83. The fraction of sp³-hybridized carbons (Fsp3) is 0.417. The van der Waals surface area contributed by atoms with Gasteiger partial charge in [-0.2, -0.15) is 0 Å². The largest absolute Gasteiger partial charge is 0.493 e. The number of ether oxygens (including phenoxy) is 2. The van der Waals surface area contributed by atoms with E-state index in [4.69, 9.17) is 25.4 Å². The van der Waals surface area contributed by atoms with E-state index in [1.165, 1.54) is 7.11 Å². The number of carbonyl (C=O) groups is 1. The molecule has 0 amide bonds. The summed E-state index contributed by atoms with van der Waals surface area (Å²) in [5.41, 5.74) is 6.06. The predicted molar refractivity (Wildman–Crippen MR) is 64.6 cm³/mol. The predicted octanol–water partition coefficient (Wildman–Crippen LogP) is 0.368. The van der Waals surface area contributed by atoms with Gasteiger partial charge in [0.15, 0.2) is 11.5 Å². The van der Waals surface area contributed by atoms with Crippen molar-refractivity contribution >= 4 is 5.97 Å². The molecule has 1 rings (SSSR count). The molecule has 0 fully saturated rings. The summed E-state index contributed by atoms with van der Waals surface area (Å²) in [5.74, 6) is -0.0704. The van der Waals surface area contributed by atoms with Gasteiger partial charge in [0.05, 0.1) is 20.3 Å². The second-order valence-electron chi connectivity index (χ2n) is 3.73. The number of nitrogens with two attached hydrogens (primary N) is 1. The minimum Gasteiger partial charge on any atom is -0.493 e. The number of carboxylic acid groups (broad SMARTS) is 1. The van der Waals surface area contributed by atoms with E-state index in [9.17, 15) is 4.79 Å². The normalized spacial score (nSPS) is 11.9. The van der Waals surface area contributed by atoms with Crippen LogP contribution in [0.25, 0.3) is 0 Å². The lowest BCUT2D eigenvalue weighted by Gasteiger charge is -2.12. The molecule has 0 aliphatic heterocycles. The molecule has 0 saturated heterocycles. The van der Waals surface area contributed by atoms with E-state index in [2.05, 4.69) is 0 Å². The first-order valence-corrected chi connectivity index (χ1v) is 5.47. The number of hydrogen-bond donors (Lipinski definition) is 3. The molecule has 0 radical (unpaired) electrons. The Kier molecular flexibility index (Phi) is 5.41. The summed E-state index contributed by atoms with van der Waals surface area (Å²) >= 11 is 0. The average Bonchev–Trinajstić information content (AvgIpc) is 2.38. The average molecular weight is 255 g/mol. The zero-order chi connectivity index (χ0) is 13.5. The highest BCUT2D eigenvalue weighted by Crippen LogP contribution is 2.28. The highest BCUT2D eigenvalue weighted by atomic mass is 16.5. The number of benzene rings is 1. The molecule has 0 heterocycles. The van der Waals surface area contributed by atoms with Crippen LogP contribution in [0.4, 0.5) is 0 Å². The maximum atomic E-state index is 10.5. The zero-order valence-electron chi connectivity index (χ0n) is 10.1. The van der Waals surface area contributed by atoms with Crippen LogP contribution in [0.3, 0.4) is 0 Å². The fourth-order valence-corrected chi connectivity index (χ4v) is 1.35. The molecule has 1 unspecified atom stereocenters. The van der Waals surface area contributed by atoms with E-state index in [-0.39, 0.29) is 19.6 Å². The topological polar surface area (TPSA) is 102 Å². The first-order valence-electron chi connectivity index (χ1n) is 5.47. The number of methoxy groups -OCH3 is 1. The van der Waals surface area contributed by atoms with Gasteiger partial charge in [0.2, 0.25) is 0 Å². The molecule has 0 aliphatic rings. The van der Waals surface area contributed by atoms with Gasteiger partial charge in [-0.1, -0.05) is 6.07 Å². The molecule has 0 saturated carbocycles. The van der Waals surface area contributed by atoms with Gasteiger partial charge in [0.25, 0.3) is 0 Å². The third-order valence-corrected chi connectivity index (χ3v) is 2.41. The van der Waals surface area contributed by atoms with Crippen molar-refractivity contribution in [1.29, 1.82) is 0 Å². The molecule has 4 N–H and O–H groups in total. The van der Waals surface area contributed by atoms with Gasteiger partial charge in [-0.15, -0.1) is 0 Å². The number of aliphatic hydroxyl groups excluding tert-OH is 1. The van der Waals surface area contributed by atoms with Crippen molar-refractivity contribution in [1.82, 2.24) is 0 Å². The van der Waals surface area contributed by atoms with Crippen molar-refractivity contribution in [3.8, 4) is 11.5 Å². The molecule has 0 aromatic heterocycles. The number of rotatable bonds is 7. The summed E-state index contributed by atoms with van der Waals surface area (Å²) in [6.07, 6.45) is 0.209. The number of hydrogen-bond acceptors (Lipinski definition) is 5. The monoisotopic (exact) mass is 255 g/mol. The number of aliphatic hydroxyl groups is 1. The molecule has 1 aromatic carbocycles. The highest BCUT2D eigenvalue weighted by Gasteiger charge is 2.12. The zero-order valence-corrected chi connectivity index (χ0v) is 10.1. The summed E-state index contributed by atoms with van der Waals surface area (Å²) in [4.78, 5) is 10.5. The summed E-state index contributed by atoms with van der Waals surface area (Å²) in [5, 5.41) is 17.6. The maximum Gasteiger partial charge on any atom is 0.320 e. The highest BCUT2D eigenvalue weighted by molar-refractivity contribution is 5.72. The molecule has 0 aliphatic carbocycles. The Morgan fingerprint density at radius 3 is 2.72 bits per heavy atom. The van der Waals surface area contributed by atoms with Crippen LogP contribution in [-0.4, -0.2) is 35.9 Å². The summed E-state index contributed by atoms with van der Waals surface area (Å²) in [6, 6.07) is 4.09.